The molecule has 0 heterocycles. The third-order valence-electron chi connectivity index (χ3n) is 2.22. The fourth-order valence-corrected chi connectivity index (χ4v) is 1.58. The van der Waals surface area contributed by atoms with Crippen LogP contribution in [0.15, 0.2) is 11.1 Å². The first kappa shape index (κ1) is 8.31. The summed E-state index contributed by atoms with van der Waals surface area (Å²) in [6, 6.07) is 0. The maximum absolute atomic E-state index is 11.0. The maximum Gasteiger partial charge on any atom is 0.316 e. The van der Waals surface area contributed by atoms with Gasteiger partial charge >= 0.3 is 5.97 Å². The van der Waals surface area contributed by atoms with Crippen LogP contribution in [0.4, 0.5) is 0 Å². The van der Waals surface area contributed by atoms with Crippen LogP contribution in [0, 0.1) is 5.92 Å². The highest BCUT2D eigenvalue weighted by atomic mass is 16.5. The molecule has 0 aliphatic heterocycles. The Morgan fingerprint density at radius 2 is 1.82 bits per heavy atom. The summed E-state index contributed by atoms with van der Waals surface area (Å²) < 4.78 is 4.66. The zero-order valence-corrected chi connectivity index (χ0v) is 7.31. The van der Waals surface area contributed by atoms with Gasteiger partial charge in [-0.05, 0) is 12.8 Å². The first-order valence-electron chi connectivity index (χ1n) is 4.05. The Morgan fingerprint density at radius 1 is 1.36 bits per heavy atom. The van der Waals surface area contributed by atoms with Crippen LogP contribution >= 0.6 is 0 Å². The highest BCUT2D eigenvalue weighted by molar-refractivity contribution is 5.85. The van der Waals surface area contributed by atoms with Crippen LogP contribution in [-0.2, 0) is 9.53 Å². The van der Waals surface area contributed by atoms with Gasteiger partial charge in [-0.2, -0.15) is 0 Å². The topological polar surface area (TPSA) is 26.3 Å². The van der Waals surface area contributed by atoms with Gasteiger partial charge in [-0.15, -0.1) is 0 Å². The third kappa shape index (κ3) is 1.30. The lowest BCUT2D eigenvalue weighted by Gasteiger charge is -1.96. The second-order valence-corrected chi connectivity index (χ2v) is 2.71. The molecule has 0 amide bonds. The molecule has 1 aliphatic carbocycles. The minimum Gasteiger partial charge on any atom is -0.468 e. The van der Waals surface area contributed by atoms with Gasteiger partial charge in [0.25, 0.3) is 0 Å². The Labute approximate surface area is 67.2 Å². The molecular formula is C9H14O2. The van der Waals surface area contributed by atoms with E-state index in [2.05, 4.69) is 18.6 Å². The largest absolute Gasteiger partial charge is 0.468 e. The summed E-state index contributed by atoms with van der Waals surface area (Å²) in [6.07, 6.45) is 1.98. The summed E-state index contributed by atoms with van der Waals surface area (Å²) >= 11 is 0. The van der Waals surface area contributed by atoms with E-state index in [4.69, 9.17) is 0 Å². The van der Waals surface area contributed by atoms with Gasteiger partial charge in [-0.25, -0.2) is 0 Å². The van der Waals surface area contributed by atoms with Crippen LogP contribution in [0.2, 0.25) is 0 Å². The number of carbonyl (C=O) groups excluding carboxylic acids is 1. The van der Waals surface area contributed by atoms with Gasteiger partial charge in [0.2, 0.25) is 0 Å². The average Bonchev–Trinajstić information content (AvgIpc) is 2.76. The number of hydrogen-bond donors (Lipinski definition) is 0. The summed E-state index contributed by atoms with van der Waals surface area (Å²) in [5.74, 6) is -0.0336. The van der Waals surface area contributed by atoms with E-state index >= 15 is 0 Å². The van der Waals surface area contributed by atoms with Crippen molar-refractivity contribution in [3.63, 3.8) is 0 Å². The van der Waals surface area contributed by atoms with E-state index in [0.29, 0.717) is 0 Å². The summed E-state index contributed by atoms with van der Waals surface area (Å²) in [7, 11) is 1.45. The quantitative estimate of drug-likeness (QED) is 0.458. The van der Waals surface area contributed by atoms with E-state index in [9.17, 15) is 4.79 Å². The molecule has 1 aliphatic rings. The molecule has 0 saturated carbocycles. The minimum atomic E-state index is -0.0845. The zero-order valence-electron chi connectivity index (χ0n) is 7.31. The van der Waals surface area contributed by atoms with Crippen molar-refractivity contribution in [3.05, 3.63) is 11.1 Å². The van der Waals surface area contributed by atoms with Gasteiger partial charge in [0, 0.05) is 0 Å². The van der Waals surface area contributed by atoms with Gasteiger partial charge < -0.3 is 4.74 Å². The fraction of sp³-hybridized carbons (Fsp3) is 0.667. The molecule has 0 unspecified atom stereocenters. The van der Waals surface area contributed by atoms with Crippen LogP contribution in [0.5, 0.6) is 0 Å². The first-order chi connectivity index (χ1) is 5.26. The number of ether oxygens (including phenoxy) is 1. The van der Waals surface area contributed by atoms with Crippen molar-refractivity contribution in [3.8, 4) is 0 Å². The Bertz CT molecular complexity index is 190. The predicted octanol–water partition coefficient (Wildman–Crippen LogP) is 1.91. The van der Waals surface area contributed by atoms with Gasteiger partial charge in [0.1, 0.15) is 0 Å². The van der Waals surface area contributed by atoms with Crippen LogP contribution < -0.4 is 0 Å². The van der Waals surface area contributed by atoms with E-state index in [1.165, 1.54) is 18.3 Å². The highest BCUT2D eigenvalue weighted by Crippen LogP contribution is 2.44. The normalized spacial score (nSPS) is 17.0. The molecule has 11 heavy (non-hydrogen) atoms. The lowest BCUT2D eigenvalue weighted by Crippen LogP contribution is -2.06. The summed E-state index contributed by atoms with van der Waals surface area (Å²) in [4.78, 5) is 11.0. The van der Waals surface area contributed by atoms with Gasteiger partial charge in [-0.1, -0.05) is 25.0 Å². The second-order valence-electron chi connectivity index (χ2n) is 2.71. The molecular weight excluding hydrogens is 140 g/mol. The molecule has 0 fully saturated rings. The molecule has 2 heteroatoms. The van der Waals surface area contributed by atoms with Gasteiger partial charge in [-0.3, -0.25) is 4.79 Å². The molecule has 0 bridgehead atoms. The first-order valence-corrected chi connectivity index (χ1v) is 4.05. The Balaban J connectivity index is 2.52. The van der Waals surface area contributed by atoms with E-state index in [1.807, 2.05) is 0 Å². The van der Waals surface area contributed by atoms with Crippen molar-refractivity contribution in [2.45, 2.75) is 26.7 Å². The van der Waals surface area contributed by atoms with Crippen molar-refractivity contribution in [1.29, 1.82) is 0 Å². The van der Waals surface area contributed by atoms with Crippen LogP contribution in [0.25, 0.3) is 0 Å². The van der Waals surface area contributed by atoms with Crippen molar-refractivity contribution in [2.75, 3.05) is 7.11 Å². The van der Waals surface area contributed by atoms with Gasteiger partial charge in [0.05, 0.1) is 13.0 Å². The monoisotopic (exact) mass is 154 g/mol. The molecule has 0 aromatic heterocycles. The van der Waals surface area contributed by atoms with Crippen LogP contribution in [0.1, 0.15) is 26.7 Å². The smallest absolute Gasteiger partial charge is 0.316 e. The SMILES string of the molecule is CCC1=C(CC)C1C(=O)OC. The summed E-state index contributed by atoms with van der Waals surface area (Å²) in [5, 5.41) is 0. The average molecular weight is 154 g/mol. The molecule has 2 nitrogen and oxygen atoms in total. The van der Waals surface area contributed by atoms with E-state index in [-0.39, 0.29) is 11.9 Å². The molecule has 0 saturated heterocycles. The van der Waals surface area contributed by atoms with Crippen molar-refractivity contribution >= 4 is 5.97 Å². The molecule has 1 rings (SSSR count). The maximum atomic E-state index is 11.0. The van der Waals surface area contributed by atoms with Crippen molar-refractivity contribution < 1.29 is 9.53 Å². The Kier molecular flexibility index (Phi) is 2.32. The Morgan fingerprint density at radius 3 is 2.09 bits per heavy atom. The molecule has 0 aromatic carbocycles. The van der Waals surface area contributed by atoms with E-state index in [1.54, 1.807) is 0 Å². The lowest BCUT2D eigenvalue weighted by molar-refractivity contribution is -0.141. The molecule has 0 radical (unpaired) electrons. The Hall–Kier alpha value is -0.790. The third-order valence-corrected chi connectivity index (χ3v) is 2.22. The highest BCUT2D eigenvalue weighted by Gasteiger charge is 2.40. The van der Waals surface area contributed by atoms with Gasteiger partial charge in [0.15, 0.2) is 0 Å². The molecule has 0 atom stereocenters. The number of methoxy groups -OCH3 is 1. The number of carbonyl (C=O) groups is 1. The summed E-state index contributed by atoms with van der Waals surface area (Å²) in [5.41, 5.74) is 2.58. The van der Waals surface area contributed by atoms with Crippen molar-refractivity contribution in [1.82, 2.24) is 0 Å². The molecule has 62 valence electrons. The summed E-state index contributed by atoms with van der Waals surface area (Å²) in [6.45, 7) is 4.15. The molecule has 0 spiro atoms. The minimum absolute atomic E-state index is 0.0509. The second kappa shape index (κ2) is 3.07. The van der Waals surface area contributed by atoms with Crippen molar-refractivity contribution in [2.24, 2.45) is 5.92 Å². The fourth-order valence-electron chi connectivity index (χ4n) is 1.58. The molecule has 0 aromatic rings. The molecule has 0 N–H and O–H groups in total. The predicted molar refractivity (Wildman–Crippen MR) is 43.1 cm³/mol. The van der Waals surface area contributed by atoms with E-state index < -0.39 is 0 Å². The van der Waals surface area contributed by atoms with Crippen LogP contribution in [0.3, 0.4) is 0 Å². The van der Waals surface area contributed by atoms with Crippen LogP contribution in [-0.4, -0.2) is 13.1 Å². The number of hydrogen-bond acceptors (Lipinski definition) is 2. The number of esters is 1. The lowest BCUT2D eigenvalue weighted by atomic mass is 10.2. The number of rotatable bonds is 3. The standard InChI is InChI=1S/C9H14O2/c1-4-6-7(5-2)8(6)9(10)11-3/h8H,4-5H2,1-3H3. The zero-order chi connectivity index (χ0) is 8.43. The van der Waals surface area contributed by atoms with E-state index in [0.717, 1.165) is 12.8 Å².